The summed E-state index contributed by atoms with van der Waals surface area (Å²) in [4.78, 5) is 0.171. The van der Waals surface area contributed by atoms with E-state index in [2.05, 4.69) is 9.44 Å². The molecule has 0 aromatic heterocycles. The quantitative estimate of drug-likeness (QED) is 0.575. The van der Waals surface area contributed by atoms with Crippen LogP contribution >= 0.6 is 11.6 Å². The van der Waals surface area contributed by atoms with Gasteiger partial charge >= 0.3 is 0 Å². The van der Waals surface area contributed by atoms with E-state index in [0.717, 1.165) is 11.1 Å². The Balaban J connectivity index is 1.88. The van der Waals surface area contributed by atoms with Gasteiger partial charge in [-0.05, 0) is 56.3 Å². The molecule has 29 heavy (non-hydrogen) atoms. The van der Waals surface area contributed by atoms with Crippen molar-refractivity contribution in [3.05, 3.63) is 82.9 Å². The molecule has 0 unspecified atom stereocenters. The average molecular weight is 451 g/mol. The van der Waals surface area contributed by atoms with E-state index in [1.165, 1.54) is 42.5 Å². The summed E-state index contributed by atoms with van der Waals surface area (Å²) in [5.41, 5.74) is 2.10. The van der Waals surface area contributed by atoms with Gasteiger partial charge in [0.1, 0.15) is 0 Å². The van der Waals surface area contributed by atoms with Crippen LogP contribution in [-0.4, -0.2) is 16.8 Å². The Kier molecular flexibility index (Phi) is 5.88. The molecule has 0 atom stereocenters. The van der Waals surface area contributed by atoms with E-state index in [4.69, 9.17) is 11.6 Å². The number of halogens is 1. The van der Waals surface area contributed by atoms with Crippen molar-refractivity contribution < 1.29 is 16.8 Å². The van der Waals surface area contributed by atoms with Crippen molar-refractivity contribution in [1.82, 2.24) is 0 Å². The lowest BCUT2D eigenvalue weighted by molar-refractivity contribution is 0.599. The van der Waals surface area contributed by atoms with E-state index in [-0.39, 0.29) is 26.2 Å². The molecule has 0 saturated carbocycles. The van der Waals surface area contributed by atoms with Gasteiger partial charge in [0.2, 0.25) is 0 Å². The molecule has 6 nitrogen and oxygen atoms in total. The summed E-state index contributed by atoms with van der Waals surface area (Å²) < 4.78 is 55.2. The smallest absolute Gasteiger partial charge is 0.261 e. The van der Waals surface area contributed by atoms with Gasteiger partial charge < -0.3 is 0 Å². The first-order chi connectivity index (χ1) is 13.6. The Morgan fingerprint density at radius 2 is 1.10 bits per heavy atom. The normalized spacial score (nSPS) is 11.8. The Hall–Kier alpha value is -2.55. The van der Waals surface area contributed by atoms with Crippen LogP contribution in [0.4, 0.5) is 11.4 Å². The maximum atomic E-state index is 12.6. The summed E-state index contributed by atoms with van der Waals surface area (Å²) >= 11 is 6.12. The van der Waals surface area contributed by atoms with Crippen LogP contribution in [0.3, 0.4) is 0 Å². The molecule has 0 amide bonds. The lowest BCUT2D eigenvalue weighted by Crippen LogP contribution is -2.15. The van der Waals surface area contributed by atoms with Crippen molar-refractivity contribution in [3.63, 3.8) is 0 Å². The van der Waals surface area contributed by atoms with Crippen LogP contribution in [0.1, 0.15) is 11.1 Å². The molecule has 0 aliphatic heterocycles. The van der Waals surface area contributed by atoms with Gasteiger partial charge in [-0.1, -0.05) is 47.0 Å². The second-order valence-electron chi connectivity index (χ2n) is 6.53. The zero-order valence-corrected chi connectivity index (χ0v) is 18.1. The standard InChI is InChI=1S/C20H19ClN2O4S2/c1-14-3-8-17(9-4-14)28(24,25)22-16-7-12-19(21)20(13-16)23-29(26,27)18-10-5-15(2)6-11-18/h3-13,22-23H,1-2H3. The minimum absolute atomic E-state index is 0.0661. The number of rotatable bonds is 6. The predicted molar refractivity (Wildman–Crippen MR) is 115 cm³/mol. The molecule has 0 radical (unpaired) electrons. The molecule has 3 rings (SSSR count). The van der Waals surface area contributed by atoms with Crippen molar-refractivity contribution >= 4 is 43.0 Å². The SMILES string of the molecule is Cc1ccc(S(=O)(=O)Nc2ccc(Cl)c(NS(=O)(=O)c3ccc(C)cc3)c2)cc1. The van der Waals surface area contributed by atoms with Gasteiger partial charge in [-0.2, -0.15) is 0 Å². The first-order valence-corrected chi connectivity index (χ1v) is 11.9. The van der Waals surface area contributed by atoms with Crippen LogP contribution in [0.2, 0.25) is 5.02 Å². The number of hydrogen-bond donors (Lipinski definition) is 2. The highest BCUT2D eigenvalue weighted by molar-refractivity contribution is 7.93. The molecule has 0 spiro atoms. The number of nitrogens with one attached hydrogen (secondary N) is 2. The molecule has 3 aromatic carbocycles. The third-order valence-corrected chi connectivity index (χ3v) is 7.23. The molecule has 0 fully saturated rings. The second-order valence-corrected chi connectivity index (χ2v) is 10.3. The zero-order chi connectivity index (χ0) is 21.2. The largest absolute Gasteiger partial charge is 0.280 e. The van der Waals surface area contributed by atoms with E-state index in [9.17, 15) is 16.8 Å². The highest BCUT2D eigenvalue weighted by atomic mass is 35.5. The molecule has 0 bridgehead atoms. The van der Waals surface area contributed by atoms with E-state index in [1.807, 2.05) is 13.8 Å². The lowest BCUT2D eigenvalue weighted by Gasteiger charge is -2.13. The van der Waals surface area contributed by atoms with Gasteiger partial charge in [-0.15, -0.1) is 0 Å². The predicted octanol–water partition coefficient (Wildman–Crippen LogP) is 4.56. The Bertz CT molecular complexity index is 1240. The summed E-state index contributed by atoms with van der Waals surface area (Å²) in [7, 11) is -7.71. The molecular weight excluding hydrogens is 432 g/mol. The van der Waals surface area contributed by atoms with Gasteiger partial charge in [-0.3, -0.25) is 9.44 Å². The third-order valence-electron chi connectivity index (χ3n) is 4.13. The number of aryl methyl sites for hydroxylation is 2. The van der Waals surface area contributed by atoms with Gasteiger partial charge in [0.15, 0.2) is 0 Å². The van der Waals surface area contributed by atoms with Crippen molar-refractivity contribution in [3.8, 4) is 0 Å². The molecule has 0 heterocycles. The first-order valence-electron chi connectivity index (χ1n) is 8.55. The van der Waals surface area contributed by atoms with Crippen molar-refractivity contribution in [2.24, 2.45) is 0 Å². The summed E-state index contributed by atoms with van der Waals surface area (Å²) in [5, 5.41) is 0.138. The first kappa shape index (κ1) is 21.2. The van der Waals surface area contributed by atoms with Crippen LogP contribution in [0.5, 0.6) is 0 Å². The molecule has 9 heteroatoms. The van der Waals surface area contributed by atoms with Gasteiger partial charge in [-0.25, -0.2) is 16.8 Å². The number of hydrogen-bond acceptors (Lipinski definition) is 4. The van der Waals surface area contributed by atoms with E-state index >= 15 is 0 Å². The summed E-state index contributed by atoms with van der Waals surface area (Å²) in [6.45, 7) is 3.71. The zero-order valence-electron chi connectivity index (χ0n) is 15.7. The van der Waals surface area contributed by atoms with E-state index in [0.29, 0.717) is 0 Å². The maximum absolute atomic E-state index is 12.6. The highest BCUT2D eigenvalue weighted by Gasteiger charge is 2.18. The number of sulfonamides is 2. The lowest BCUT2D eigenvalue weighted by atomic mass is 10.2. The molecule has 152 valence electrons. The fourth-order valence-corrected chi connectivity index (χ4v) is 4.86. The Morgan fingerprint density at radius 3 is 1.59 bits per heavy atom. The Labute approximate surface area is 175 Å². The van der Waals surface area contributed by atoms with Crippen LogP contribution in [0.25, 0.3) is 0 Å². The minimum atomic E-state index is -3.88. The summed E-state index contributed by atoms with van der Waals surface area (Å²) in [5.74, 6) is 0. The second kappa shape index (κ2) is 8.06. The molecule has 0 saturated heterocycles. The van der Waals surface area contributed by atoms with Gasteiger partial charge in [0.25, 0.3) is 20.0 Å². The number of anilines is 2. The van der Waals surface area contributed by atoms with Crippen LogP contribution in [0.15, 0.2) is 76.5 Å². The molecule has 0 aliphatic rings. The molecule has 0 aliphatic carbocycles. The monoisotopic (exact) mass is 450 g/mol. The molecule has 2 N–H and O–H groups in total. The van der Waals surface area contributed by atoms with Crippen molar-refractivity contribution in [1.29, 1.82) is 0 Å². The minimum Gasteiger partial charge on any atom is -0.280 e. The summed E-state index contributed by atoms with van der Waals surface area (Å²) in [6.07, 6.45) is 0. The third kappa shape index (κ3) is 5.09. The Morgan fingerprint density at radius 1 is 0.655 bits per heavy atom. The van der Waals surface area contributed by atoms with Crippen molar-refractivity contribution in [2.45, 2.75) is 23.6 Å². The van der Waals surface area contributed by atoms with Crippen LogP contribution in [0, 0.1) is 13.8 Å². The molecular formula is C20H19ClN2O4S2. The van der Waals surface area contributed by atoms with Crippen molar-refractivity contribution in [2.75, 3.05) is 9.44 Å². The van der Waals surface area contributed by atoms with Crippen LogP contribution in [-0.2, 0) is 20.0 Å². The van der Waals surface area contributed by atoms with Gasteiger partial charge in [0.05, 0.1) is 26.2 Å². The maximum Gasteiger partial charge on any atom is 0.261 e. The van der Waals surface area contributed by atoms with E-state index in [1.54, 1.807) is 24.3 Å². The van der Waals surface area contributed by atoms with E-state index < -0.39 is 20.0 Å². The topological polar surface area (TPSA) is 92.3 Å². The van der Waals surface area contributed by atoms with Crippen LogP contribution < -0.4 is 9.44 Å². The molecule has 3 aromatic rings. The summed E-state index contributed by atoms with van der Waals surface area (Å²) in [6, 6.07) is 16.9. The highest BCUT2D eigenvalue weighted by Crippen LogP contribution is 2.29. The number of benzene rings is 3. The van der Waals surface area contributed by atoms with Gasteiger partial charge in [0, 0.05) is 0 Å². The fourth-order valence-electron chi connectivity index (χ4n) is 2.52. The fraction of sp³-hybridized carbons (Fsp3) is 0.100. The average Bonchev–Trinajstić information content (AvgIpc) is 2.65.